The van der Waals surface area contributed by atoms with E-state index in [-0.39, 0.29) is 0 Å². The van der Waals surface area contributed by atoms with Crippen LogP contribution in [0.1, 0.15) is 77.6 Å². The molecule has 0 amide bonds. The van der Waals surface area contributed by atoms with Crippen molar-refractivity contribution in [1.29, 1.82) is 0 Å². The van der Waals surface area contributed by atoms with E-state index in [9.17, 15) is 0 Å². The van der Waals surface area contributed by atoms with Crippen LogP contribution in [0, 0.1) is 0 Å². The lowest BCUT2D eigenvalue weighted by Gasteiger charge is -2.02. The third kappa shape index (κ3) is 19.5. The van der Waals surface area contributed by atoms with Gasteiger partial charge in [-0.05, 0) is 45.2 Å². The van der Waals surface area contributed by atoms with Crippen LogP contribution in [-0.4, -0.2) is 20.9 Å². The molecule has 1 N–H and O–H groups in total. The van der Waals surface area contributed by atoms with Crippen LogP contribution in [0.25, 0.3) is 0 Å². The number of allylic oxidation sites excluding steroid dienone is 4. The van der Waals surface area contributed by atoms with Gasteiger partial charge in [-0.3, -0.25) is 0 Å². The summed E-state index contributed by atoms with van der Waals surface area (Å²) < 4.78 is 0. The zero-order chi connectivity index (χ0) is 15.4. The maximum atomic E-state index is 5.42. The first-order valence-corrected chi connectivity index (χ1v) is 9.14. The second kappa shape index (κ2) is 19.5. The van der Waals surface area contributed by atoms with Crippen molar-refractivity contribution in [2.75, 3.05) is 13.1 Å². The third-order valence-corrected chi connectivity index (χ3v) is 3.65. The standard InChI is InChI=1S/C19H36BN/c1-2-3-4-5-6-7-8-9-10-11-12-13-14-15-16-18-21-19-17-20/h6-9,21H,2-5,10-19H2,1H3/b7-6+,9-8-. The summed E-state index contributed by atoms with van der Waals surface area (Å²) in [5.74, 6) is 0. The van der Waals surface area contributed by atoms with Crippen LogP contribution in [-0.2, 0) is 0 Å². The summed E-state index contributed by atoms with van der Waals surface area (Å²) in [4.78, 5) is 0. The fourth-order valence-electron chi connectivity index (χ4n) is 2.31. The molecule has 21 heavy (non-hydrogen) atoms. The highest BCUT2D eigenvalue weighted by Crippen LogP contribution is 2.07. The van der Waals surface area contributed by atoms with Gasteiger partial charge in [-0.2, -0.15) is 0 Å². The molecule has 0 aromatic rings. The zero-order valence-electron chi connectivity index (χ0n) is 14.3. The Morgan fingerprint density at radius 1 is 0.714 bits per heavy atom. The van der Waals surface area contributed by atoms with Crippen molar-refractivity contribution >= 4 is 7.85 Å². The Morgan fingerprint density at radius 3 is 1.90 bits per heavy atom. The molecule has 0 spiro atoms. The molecule has 0 rings (SSSR count). The molecule has 0 unspecified atom stereocenters. The fraction of sp³-hybridized carbons (Fsp3) is 0.789. The van der Waals surface area contributed by atoms with Gasteiger partial charge in [0, 0.05) is 0 Å². The van der Waals surface area contributed by atoms with E-state index >= 15 is 0 Å². The van der Waals surface area contributed by atoms with Crippen LogP contribution in [0.5, 0.6) is 0 Å². The highest BCUT2D eigenvalue weighted by atomic mass is 14.8. The summed E-state index contributed by atoms with van der Waals surface area (Å²) in [6.45, 7) is 4.34. The molecule has 0 fully saturated rings. The molecule has 0 bridgehead atoms. The summed E-state index contributed by atoms with van der Waals surface area (Å²) in [5.41, 5.74) is 0. The van der Waals surface area contributed by atoms with E-state index in [1.54, 1.807) is 0 Å². The van der Waals surface area contributed by atoms with Gasteiger partial charge < -0.3 is 5.32 Å². The van der Waals surface area contributed by atoms with Crippen LogP contribution in [0.4, 0.5) is 0 Å². The van der Waals surface area contributed by atoms with Crippen LogP contribution in [0.2, 0.25) is 6.32 Å². The van der Waals surface area contributed by atoms with Crippen LogP contribution < -0.4 is 5.32 Å². The van der Waals surface area contributed by atoms with Gasteiger partial charge in [-0.1, -0.05) is 76.1 Å². The normalized spacial score (nSPS) is 11.9. The summed E-state index contributed by atoms with van der Waals surface area (Å²) in [6, 6.07) is 0. The predicted molar refractivity (Wildman–Crippen MR) is 98.2 cm³/mol. The van der Waals surface area contributed by atoms with Crippen LogP contribution in [0.3, 0.4) is 0 Å². The first kappa shape index (κ1) is 20.5. The number of nitrogens with one attached hydrogen (secondary N) is 1. The number of rotatable bonds is 16. The van der Waals surface area contributed by atoms with E-state index in [2.05, 4.69) is 36.5 Å². The van der Waals surface area contributed by atoms with Crippen molar-refractivity contribution in [3.05, 3.63) is 24.3 Å². The molecule has 2 radical (unpaired) electrons. The smallest absolute Gasteiger partial charge is 0.0670 e. The van der Waals surface area contributed by atoms with E-state index in [1.807, 2.05) is 0 Å². The van der Waals surface area contributed by atoms with Gasteiger partial charge in [-0.15, -0.1) is 0 Å². The quantitative estimate of drug-likeness (QED) is 0.222. The molecule has 0 aliphatic carbocycles. The van der Waals surface area contributed by atoms with Crippen molar-refractivity contribution in [3.8, 4) is 0 Å². The Kier molecular flexibility index (Phi) is 19.0. The molecular formula is C19H36BN. The Labute approximate surface area is 135 Å². The second-order valence-electron chi connectivity index (χ2n) is 5.80. The van der Waals surface area contributed by atoms with Gasteiger partial charge >= 0.3 is 0 Å². The van der Waals surface area contributed by atoms with Crippen molar-refractivity contribution in [2.45, 2.75) is 83.9 Å². The average molecular weight is 289 g/mol. The monoisotopic (exact) mass is 289 g/mol. The molecule has 0 aliphatic heterocycles. The molecule has 0 saturated carbocycles. The minimum Gasteiger partial charge on any atom is -0.317 e. The Morgan fingerprint density at radius 2 is 1.29 bits per heavy atom. The number of hydrogen-bond donors (Lipinski definition) is 1. The van der Waals surface area contributed by atoms with E-state index in [4.69, 9.17) is 7.85 Å². The summed E-state index contributed by atoms with van der Waals surface area (Å²) >= 11 is 0. The lowest BCUT2D eigenvalue weighted by atomic mass is 10.1. The molecule has 0 aromatic heterocycles. The topological polar surface area (TPSA) is 12.0 Å². The van der Waals surface area contributed by atoms with Gasteiger partial charge in [0.2, 0.25) is 0 Å². The first-order valence-electron chi connectivity index (χ1n) is 9.14. The molecule has 0 aliphatic rings. The second-order valence-corrected chi connectivity index (χ2v) is 5.80. The van der Waals surface area contributed by atoms with Crippen molar-refractivity contribution in [3.63, 3.8) is 0 Å². The lowest BCUT2D eigenvalue weighted by Crippen LogP contribution is -2.15. The van der Waals surface area contributed by atoms with Gasteiger partial charge in [0.25, 0.3) is 0 Å². The van der Waals surface area contributed by atoms with Crippen LogP contribution >= 0.6 is 0 Å². The van der Waals surface area contributed by atoms with Gasteiger partial charge in [0.1, 0.15) is 0 Å². The number of hydrogen-bond acceptors (Lipinski definition) is 1. The molecule has 1 nitrogen and oxygen atoms in total. The van der Waals surface area contributed by atoms with E-state index < -0.39 is 0 Å². The fourth-order valence-corrected chi connectivity index (χ4v) is 2.31. The average Bonchev–Trinajstić information content (AvgIpc) is 2.50. The molecular weight excluding hydrogens is 253 g/mol. The van der Waals surface area contributed by atoms with Gasteiger partial charge in [0.15, 0.2) is 0 Å². The third-order valence-electron chi connectivity index (χ3n) is 3.65. The van der Waals surface area contributed by atoms with Crippen molar-refractivity contribution in [2.24, 2.45) is 0 Å². The SMILES string of the molecule is [B]CCNCCCCCCCC/C=C\C=C\CCCCC. The largest absolute Gasteiger partial charge is 0.317 e. The lowest BCUT2D eigenvalue weighted by molar-refractivity contribution is 0.573. The highest BCUT2D eigenvalue weighted by molar-refractivity contribution is 6.08. The minimum absolute atomic E-state index is 0.751. The Hall–Kier alpha value is -0.495. The Balaban J connectivity index is 3.10. The maximum Gasteiger partial charge on any atom is 0.0670 e. The van der Waals surface area contributed by atoms with Gasteiger partial charge in [0.05, 0.1) is 7.85 Å². The Bertz CT molecular complexity index is 236. The molecule has 0 saturated heterocycles. The summed E-state index contributed by atoms with van der Waals surface area (Å²) in [7, 11) is 5.42. The maximum absolute atomic E-state index is 5.42. The summed E-state index contributed by atoms with van der Waals surface area (Å²) in [5, 5.41) is 3.34. The van der Waals surface area contributed by atoms with Crippen molar-refractivity contribution in [1.82, 2.24) is 5.32 Å². The molecule has 0 aromatic carbocycles. The summed E-state index contributed by atoms with van der Waals surface area (Å²) in [6.07, 6.45) is 24.4. The molecule has 0 atom stereocenters. The molecule has 120 valence electrons. The minimum atomic E-state index is 0.751. The number of unbranched alkanes of at least 4 members (excludes halogenated alkanes) is 9. The first-order chi connectivity index (χ1) is 10.4. The molecule has 0 heterocycles. The molecule has 2 heteroatoms. The zero-order valence-corrected chi connectivity index (χ0v) is 14.3. The predicted octanol–water partition coefficient (Wildman–Crippen LogP) is 5.59. The van der Waals surface area contributed by atoms with E-state index in [1.165, 1.54) is 70.6 Å². The van der Waals surface area contributed by atoms with Gasteiger partial charge in [-0.25, -0.2) is 0 Å². The van der Waals surface area contributed by atoms with Crippen molar-refractivity contribution < 1.29 is 0 Å². The van der Waals surface area contributed by atoms with Crippen LogP contribution in [0.15, 0.2) is 24.3 Å². The van der Waals surface area contributed by atoms with E-state index in [0.29, 0.717) is 0 Å². The highest BCUT2D eigenvalue weighted by Gasteiger charge is 1.90. The van der Waals surface area contributed by atoms with E-state index in [0.717, 1.165) is 19.4 Å².